The third-order valence-corrected chi connectivity index (χ3v) is 4.73. The summed E-state index contributed by atoms with van der Waals surface area (Å²) in [5.41, 5.74) is 1.94. The van der Waals surface area contributed by atoms with E-state index in [2.05, 4.69) is 25.3 Å². The highest BCUT2D eigenvalue weighted by molar-refractivity contribution is 6.04. The Hall–Kier alpha value is -2.96. The predicted octanol–water partition coefficient (Wildman–Crippen LogP) is 3.09. The molecule has 0 aliphatic carbocycles. The average Bonchev–Trinajstić information content (AvgIpc) is 3.17. The molecule has 26 heavy (non-hydrogen) atoms. The Kier molecular flexibility index (Phi) is 4.51. The number of benzene rings is 1. The normalized spacial score (nSPS) is 14.6. The maximum atomic E-state index is 12.4. The quantitative estimate of drug-likeness (QED) is 0.782. The number of nitrogens with one attached hydrogen (secondary N) is 1. The highest BCUT2D eigenvalue weighted by Gasteiger charge is 2.16. The van der Waals surface area contributed by atoms with Crippen LogP contribution in [-0.4, -0.2) is 38.7 Å². The van der Waals surface area contributed by atoms with E-state index in [0.29, 0.717) is 11.4 Å². The third kappa shape index (κ3) is 3.24. The molecule has 4 rings (SSSR count). The first-order valence-electron chi connectivity index (χ1n) is 9.09. The van der Waals surface area contributed by atoms with Crippen LogP contribution < -0.4 is 10.2 Å². The first kappa shape index (κ1) is 16.5. The van der Waals surface area contributed by atoms with Crippen LogP contribution in [0.2, 0.25) is 0 Å². The molecule has 0 bridgehead atoms. The van der Waals surface area contributed by atoms with Crippen molar-refractivity contribution >= 4 is 28.3 Å². The lowest BCUT2D eigenvalue weighted by Gasteiger charge is -2.28. The minimum atomic E-state index is -0.220. The molecule has 3 heterocycles. The van der Waals surface area contributed by atoms with Gasteiger partial charge >= 0.3 is 0 Å². The van der Waals surface area contributed by atoms with Crippen LogP contribution >= 0.6 is 0 Å². The second kappa shape index (κ2) is 7.11. The van der Waals surface area contributed by atoms with E-state index in [-0.39, 0.29) is 5.91 Å². The van der Waals surface area contributed by atoms with Gasteiger partial charge < -0.3 is 10.2 Å². The largest absolute Gasteiger partial charge is 0.356 e. The molecule has 1 fully saturated rings. The molecule has 2 aromatic heterocycles. The second-order valence-corrected chi connectivity index (χ2v) is 6.49. The summed E-state index contributed by atoms with van der Waals surface area (Å²) >= 11 is 0. The number of hydrogen-bond acceptors (Lipinski definition) is 5. The first-order chi connectivity index (χ1) is 12.7. The fraction of sp³-hybridized carbons (Fsp3) is 0.368. The fourth-order valence-electron chi connectivity index (χ4n) is 3.33. The summed E-state index contributed by atoms with van der Waals surface area (Å²) in [7, 11) is 0. The van der Waals surface area contributed by atoms with Gasteiger partial charge in [0.05, 0.1) is 5.52 Å². The summed E-state index contributed by atoms with van der Waals surface area (Å²) in [6, 6.07) is 7.49. The molecular weight excluding hydrogens is 328 g/mol. The van der Waals surface area contributed by atoms with Gasteiger partial charge in [-0.05, 0) is 50.5 Å². The number of nitrogens with zero attached hydrogens (tertiary/aromatic N) is 5. The summed E-state index contributed by atoms with van der Waals surface area (Å²) in [4.78, 5) is 23.6. The van der Waals surface area contributed by atoms with Crippen molar-refractivity contribution in [2.45, 2.75) is 32.7 Å². The van der Waals surface area contributed by atoms with Crippen LogP contribution in [0.3, 0.4) is 0 Å². The van der Waals surface area contributed by atoms with E-state index < -0.39 is 0 Å². The van der Waals surface area contributed by atoms with E-state index in [1.165, 1.54) is 19.3 Å². The Labute approximate surface area is 152 Å². The lowest BCUT2D eigenvalue weighted by Crippen LogP contribution is -2.30. The monoisotopic (exact) mass is 350 g/mol. The maximum absolute atomic E-state index is 12.4. The van der Waals surface area contributed by atoms with Crippen LogP contribution in [0.4, 0.5) is 11.5 Å². The van der Waals surface area contributed by atoms with Crippen molar-refractivity contribution < 1.29 is 4.79 Å². The molecule has 1 aromatic carbocycles. The zero-order valence-electron chi connectivity index (χ0n) is 14.9. The predicted molar refractivity (Wildman–Crippen MR) is 101 cm³/mol. The van der Waals surface area contributed by atoms with Crippen LogP contribution in [-0.2, 0) is 6.54 Å². The van der Waals surface area contributed by atoms with Crippen LogP contribution in [0.15, 0.2) is 36.8 Å². The molecule has 3 aromatic rings. The van der Waals surface area contributed by atoms with Gasteiger partial charge in [-0.3, -0.25) is 9.48 Å². The summed E-state index contributed by atoms with van der Waals surface area (Å²) in [5.74, 6) is 0.760. The van der Waals surface area contributed by atoms with Crippen molar-refractivity contribution in [1.82, 2.24) is 19.7 Å². The molecule has 1 aliphatic heterocycles. The van der Waals surface area contributed by atoms with Crippen LogP contribution in [0.5, 0.6) is 0 Å². The van der Waals surface area contributed by atoms with Gasteiger partial charge in [0.1, 0.15) is 12.1 Å². The molecule has 0 saturated carbocycles. The van der Waals surface area contributed by atoms with Crippen molar-refractivity contribution in [3.8, 4) is 0 Å². The Balaban J connectivity index is 1.58. The third-order valence-electron chi connectivity index (χ3n) is 4.73. The van der Waals surface area contributed by atoms with Crippen molar-refractivity contribution in [2.75, 3.05) is 23.3 Å². The summed E-state index contributed by atoms with van der Waals surface area (Å²) in [6.07, 6.45) is 7.08. The number of aromatic nitrogens is 4. The maximum Gasteiger partial charge on any atom is 0.276 e. The number of anilines is 2. The van der Waals surface area contributed by atoms with Crippen molar-refractivity contribution in [3.05, 3.63) is 42.5 Å². The number of fused-ring (bicyclic) bond motifs is 1. The Morgan fingerprint density at radius 3 is 2.77 bits per heavy atom. The number of carbonyl (C=O) groups excluding carboxylic acids is 1. The number of carbonyl (C=O) groups is 1. The SMILES string of the molecule is CCn1ccc(C(=O)Nc2ccc3c(N4CCCCC4)ncnc3c2)n1. The molecule has 1 aliphatic rings. The van der Waals surface area contributed by atoms with E-state index in [0.717, 1.165) is 36.4 Å². The zero-order chi connectivity index (χ0) is 17.9. The lowest BCUT2D eigenvalue weighted by molar-refractivity contribution is 0.102. The molecule has 0 atom stereocenters. The molecule has 0 radical (unpaired) electrons. The van der Waals surface area contributed by atoms with Gasteiger partial charge in [-0.1, -0.05) is 0 Å². The summed E-state index contributed by atoms with van der Waals surface area (Å²) < 4.78 is 1.73. The van der Waals surface area contributed by atoms with Gasteiger partial charge in [0.25, 0.3) is 5.91 Å². The van der Waals surface area contributed by atoms with Crippen LogP contribution in [0.25, 0.3) is 10.9 Å². The molecule has 0 spiro atoms. The molecular formula is C19H22N6O. The first-order valence-corrected chi connectivity index (χ1v) is 9.09. The van der Waals surface area contributed by atoms with Crippen molar-refractivity contribution in [3.63, 3.8) is 0 Å². The standard InChI is InChI=1S/C19H22N6O/c1-2-25-11-8-16(23-25)19(26)22-14-6-7-15-17(12-14)20-13-21-18(15)24-9-4-3-5-10-24/h6-8,11-13H,2-5,9-10H2,1H3,(H,22,26). The number of piperidine rings is 1. The molecule has 7 nitrogen and oxygen atoms in total. The Bertz CT molecular complexity index is 929. The van der Waals surface area contributed by atoms with E-state index in [1.807, 2.05) is 25.1 Å². The minimum absolute atomic E-state index is 0.220. The number of hydrogen-bond donors (Lipinski definition) is 1. The summed E-state index contributed by atoms with van der Waals surface area (Å²) in [6.45, 7) is 4.78. The van der Waals surface area contributed by atoms with E-state index in [9.17, 15) is 4.79 Å². The number of amides is 1. The van der Waals surface area contributed by atoms with Gasteiger partial charge in [0.2, 0.25) is 0 Å². The van der Waals surface area contributed by atoms with E-state index >= 15 is 0 Å². The molecule has 0 unspecified atom stereocenters. The minimum Gasteiger partial charge on any atom is -0.356 e. The number of rotatable bonds is 4. The summed E-state index contributed by atoms with van der Waals surface area (Å²) in [5, 5.41) is 8.15. The lowest BCUT2D eigenvalue weighted by atomic mass is 10.1. The van der Waals surface area contributed by atoms with E-state index in [4.69, 9.17) is 0 Å². The van der Waals surface area contributed by atoms with Gasteiger partial charge in [0, 0.05) is 36.9 Å². The second-order valence-electron chi connectivity index (χ2n) is 6.49. The van der Waals surface area contributed by atoms with E-state index in [1.54, 1.807) is 23.3 Å². The smallest absolute Gasteiger partial charge is 0.276 e. The highest BCUT2D eigenvalue weighted by Crippen LogP contribution is 2.27. The molecule has 1 amide bonds. The topological polar surface area (TPSA) is 75.9 Å². The van der Waals surface area contributed by atoms with Gasteiger partial charge in [0.15, 0.2) is 5.69 Å². The van der Waals surface area contributed by atoms with Gasteiger partial charge in [-0.25, -0.2) is 9.97 Å². The van der Waals surface area contributed by atoms with Crippen molar-refractivity contribution in [1.29, 1.82) is 0 Å². The molecule has 1 N–H and O–H groups in total. The Morgan fingerprint density at radius 1 is 1.15 bits per heavy atom. The van der Waals surface area contributed by atoms with Gasteiger partial charge in [-0.15, -0.1) is 0 Å². The zero-order valence-corrected chi connectivity index (χ0v) is 14.9. The van der Waals surface area contributed by atoms with Crippen LogP contribution in [0, 0.1) is 0 Å². The van der Waals surface area contributed by atoms with Crippen molar-refractivity contribution in [2.24, 2.45) is 0 Å². The molecule has 7 heteroatoms. The number of aryl methyl sites for hydroxylation is 1. The fourth-order valence-corrected chi connectivity index (χ4v) is 3.33. The highest BCUT2D eigenvalue weighted by atomic mass is 16.1. The average molecular weight is 350 g/mol. The molecule has 1 saturated heterocycles. The van der Waals surface area contributed by atoms with Crippen LogP contribution in [0.1, 0.15) is 36.7 Å². The Morgan fingerprint density at radius 2 is 2.00 bits per heavy atom. The molecule has 134 valence electrons. The van der Waals surface area contributed by atoms with Gasteiger partial charge in [-0.2, -0.15) is 5.10 Å².